The molecule has 1 aliphatic rings. The third kappa shape index (κ3) is 14.0. The van der Waals surface area contributed by atoms with Gasteiger partial charge in [0.05, 0.1) is 24.7 Å². The fourth-order valence-corrected chi connectivity index (χ4v) is 4.89. The average Bonchev–Trinajstić information content (AvgIpc) is 2.89. The first-order valence-electron chi connectivity index (χ1n) is 14.7. The number of nitrogens with two attached hydrogens (primary N) is 2. The molecule has 40 heavy (non-hydrogen) atoms. The van der Waals surface area contributed by atoms with Crippen molar-refractivity contribution < 1.29 is 34.4 Å². The van der Waals surface area contributed by atoms with Crippen LogP contribution in [0.2, 0.25) is 0 Å². The number of aliphatic hydroxyl groups is 2. The lowest BCUT2D eigenvalue weighted by Gasteiger charge is -2.40. The van der Waals surface area contributed by atoms with E-state index in [0.717, 1.165) is 25.3 Å². The predicted molar refractivity (Wildman–Crippen MR) is 153 cm³/mol. The van der Waals surface area contributed by atoms with E-state index in [1.165, 1.54) is 64.7 Å². The van der Waals surface area contributed by atoms with E-state index >= 15 is 0 Å². The minimum Gasteiger partial charge on any atom is -0.479 e. The van der Waals surface area contributed by atoms with E-state index in [2.05, 4.69) is 22.5 Å². The summed E-state index contributed by atoms with van der Waals surface area (Å²) in [6, 6.07) is -3.34. The van der Waals surface area contributed by atoms with Gasteiger partial charge in [-0.15, -0.1) is 0 Å². The van der Waals surface area contributed by atoms with Crippen molar-refractivity contribution in [2.24, 2.45) is 16.5 Å². The molecule has 230 valence electrons. The number of aliphatic carboxylic acids is 1. The monoisotopic (exact) mass is 569 g/mol. The van der Waals surface area contributed by atoms with Gasteiger partial charge in [0, 0.05) is 13.3 Å². The van der Waals surface area contributed by atoms with Crippen LogP contribution in [-0.4, -0.2) is 76.0 Å². The van der Waals surface area contributed by atoms with Gasteiger partial charge in [0.15, 0.2) is 5.96 Å². The zero-order valence-corrected chi connectivity index (χ0v) is 24.1. The van der Waals surface area contributed by atoms with Crippen LogP contribution in [0.4, 0.5) is 0 Å². The van der Waals surface area contributed by atoms with E-state index < -0.39 is 60.5 Å². The first-order chi connectivity index (χ1) is 19.1. The third-order valence-corrected chi connectivity index (χ3v) is 6.98. The number of rotatable bonds is 21. The SMILES string of the molecule is CCCCCCCCCCCCCCCC(=O)N[C@@H]([C@@H]1OC(C(=O)O)=C[C@H](N=C(N)N)[C@H]1NC(C)=O)[C@@H](O)CO. The van der Waals surface area contributed by atoms with Gasteiger partial charge in [-0.05, 0) is 12.5 Å². The molecule has 0 fully saturated rings. The van der Waals surface area contributed by atoms with Gasteiger partial charge in [0.25, 0.3) is 0 Å². The standard InChI is InChI=1S/C28H51N5O7/c1-3-4-5-6-7-8-9-10-11-12-13-14-15-16-23(37)33-25(21(36)18-34)26-24(31-19(2)35)20(32-28(29)30)17-22(40-26)27(38)39/h17,20-21,24-26,34,36H,3-16,18H2,1-2H3,(H,31,35)(H,33,37)(H,38,39)(H4,29,30,32)/t20-,21-,24+,25+,26+/m0/s1. The summed E-state index contributed by atoms with van der Waals surface area (Å²) >= 11 is 0. The molecular formula is C28H51N5O7. The topological polar surface area (TPSA) is 210 Å². The van der Waals surface area contributed by atoms with Crippen LogP contribution in [0.5, 0.6) is 0 Å². The van der Waals surface area contributed by atoms with E-state index in [1.54, 1.807) is 0 Å². The number of ether oxygens (including phenoxy) is 1. The Morgan fingerprint density at radius 2 is 1.50 bits per heavy atom. The molecule has 0 radical (unpaired) electrons. The van der Waals surface area contributed by atoms with Crippen LogP contribution in [0.15, 0.2) is 16.8 Å². The maximum Gasteiger partial charge on any atom is 0.370 e. The van der Waals surface area contributed by atoms with Crippen LogP contribution in [-0.2, 0) is 19.1 Å². The van der Waals surface area contributed by atoms with Gasteiger partial charge >= 0.3 is 5.97 Å². The number of aliphatic hydroxyl groups excluding tert-OH is 2. The molecule has 0 aromatic heterocycles. The lowest BCUT2D eigenvalue weighted by atomic mass is 9.90. The number of nitrogens with zero attached hydrogens (tertiary/aromatic N) is 1. The van der Waals surface area contributed by atoms with Crippen molar-refractivity contribution in [2.75, 3.05) is 6.61 Å². The Hall–Kier alpha value is -2.86. The zero-order chi connectivity index (χ0) is 29.9. The molecule has 0 saturated heterocycles. The van der Waals surface area contributed by atoms with E-state index in [1.807, 2.05) is 0 Å². The van der Waals surface area contributed by atoms with Gasteiger partial charge in [-0.1, -0.05) is 84.0 Å². The first-order valence-corrected chi connectivity index (χ1v) is 14.7. The Bertz CT molecular complexity index is 832. The van der Waals surface area contributed by atoms with Gasteiger partial charge in [-0.25, -0.2) is 9.79 Å². The van der Waals surface area contributed by atoms with Crippen LogP contribution in [0.1, 0.15) is 104 Å². The minimum atomic E-state index is -1.51. The molecule has 9 N–H and O–H groups in total. The number of hydrogen-bond acceptors (Lipinski definition) is 7. The lowest BCUT2D eigenvalue weighted by molar-refractivity contribution is -0.141. The summed E-state index contributed by atoms with van der Waals surface area (Å²) in [7, 11) is 0. The summed E-state index contributed by atoms with van der Waals surface area (Å²) in [5.74, 6) is -3.17. The summed E-state index contributed by atoms with van der Waals surface area (Å²) in [6.45, 7) is 2.73. The highest BCUT2D eigenvalue weighted by Gasteiger charge is 2.45. The largest absolute Gasteiger partial charge is 0.479 e. The van der Waals surface area contributed by atoms with Crippen molar-refractivity contribution in [2.45, 2.75) is 134 Å². The molecule has 1 heterocycles. The lowest BCUT2D eigenvalue weighted by Crippen LogP contribution is -2.64. The number of unbranched alkanes of at least 4 members (excludes halogenated alkanes) is 12. The van der Waals surface area contributed by atoms with Crippen molar-refractivity contribution in [1.29, 1.82) is 0 Å². The highest BCUT2D eigenvalue weighted by molar-refractivity contribution is 5.85. The highest BCUT2D eigenvalue weighted by atomic mass is 16.5. The number of nitrogens with one attached hydrogen (secondary N) is 2. The molecule has 12 heteroatoms. The number of carboxylic acids is 1. The van der Waals surface area contributed by atoms with Crippen molar-refractivity contribution >= 4 is 23.7 Å². The van der Waals surface area contributed by atoms with Gasteiger partial charge < -0.3 is 42.2 Å². The first kappa shape index (κ1) is 35.2. The highest BCUT2D eigenvalue weighted by Crippen LogP contribution is 2.25. The average molecular weight is 570 g/mol. The quantitative estimate of drug-likeness (QED) is 0.0609. The molecular weight excluding hydrogens is 518 g/mol. The maximum atomic E-state index is 12.8. The molecule has 0 aromatic carbocycles. The Morgan fingerprint density at radius 1 is 0.975 bits per heavy atom. The number of guanidine groups is 1. The number of carbonyl (C=O) groups excluding carboxylic acids is 2. The smallest absolute Gasteiger partial charge is 0.370 e. The summed E-state index contributed by atoms with van der Waals surface area (Å²) < 4.78 is 5.59. The maximum absolute atomic E-state index is 12.8. The molecule has 0 unspecified atom stereocenters. The number of amides is 2. The molecule has 0 aliphatic carbocycles. The van der Waals surface area contributed by atoms with Crippen LogP contribution < -0.4 is 22.1 Å². The summed E-state index contributed by atoms with van der Waals surface area (Å²) in [5, 5.41) is 35.0. The van der Waals surface area contributed by atoms with Crippen LogP contribution in [0.25, 0.3) is 0 Å². The molecule has 0 aromatic rings. The Kier molecular flexibility index (Phi) is 17.7. The van der Waals surface area contributed by atoms with Crippen molar-refractivity contribution in [3.8, 4) is 0 Å². The molecule has 0 saturated carbocycles. The number of aliphatic imine (C=N–C) groups is 1. The van der Waals surface area contributed by atoms with Crippen LogP contribution >= 0.6 is 0 Å². The Balaban J connectivity index is 2.65. The third-order valence-electron chi connectivity index (χ3n) is 6.98. The van der Waals surface area contributed by atoms with E-state index in [0.29, 0.717) is 6.42 Å². The zero-order valence-electron chi connectivity index (χ0n) is 24.1. The minimum absolute atomic E-state index is 0.183. The fraction of sp³-hybridized carbons (Fsp3) is 0.786. The molecule has 0 spiro atoms. The molecule has 1 rings (SSSR count). The normalized spacial score (nSPS) is 20.0. The second kappa shape index (κ2) is 20.1. The molecule has 0 bridgehead atoms. The van der Waals surface area contributed by atoms with Gasteiger partial charge in [-0.2, -0.15) is 0 Å². The summed E-state index contributed by atoms with van der Waals surface area (Å²) in [5.41, 5.74) is 11.0. The van der Waals surface area contributed by atoms with E-state index in [9.17, 15) is 29.7 Å². The molecule has 1 aliphatic heterocycles. The molecule has 2 amide bonds. The van der Waals surface area contributed by atoms with Crippen LogP contribution in [0.3, 0.4) is 0 Å². The second-order valence-corrected chi connectivity index (χ2v) is 10.5. The molecule has 12 nitrogen and oxygen atoms in total. The van der Waals surface area contributed by atoms with E-state index in [-0.39, 0.29) is 12.4 Å². The van der Waals surface area contributed by atoms with E-state index in [4.69, 9.17) is 16.2 Å². The fourth-order valence-electron chi connectivity index (χ4n) is 4.89. The summed E-state index contributed by atoms with van der Waals surface area (Å²) in [6.07, 6.45) is 13.8. The Labute approximate surface area is 238 Å². The summed E-state index contributed by atoms with van der Waals surface area (Å²) in [4.78, 5) is 40.4. The van der Waals surface area contributed by atoms with Crippen molar-refractivity contribution in [3.05, 3.63) is 11.8 Å². The van der Waals surface area contributed by atoms with Gasteiger partial charge in [0.1, 0.15) is 12.2 Å². The number of hydrogen-bond donors (Lipinski definition) is 7. The number of carbonyl (C=O) groups is 3. The predicted octanol–water partition coefficient (Wildman–Crippen LogP) is 1.82. The van der Waals surface area contributed by atoms with Crippen molar-refractivity contribution in [3.63, 3.8) is 0 Å². The van der Waals surface area contributed by atoms with Gasteiger partial charge in [0.2, 0.25) is 17.6 Å². The van der Waals surface area contributed by atoms with Gasteiger partial charge in [-0.3, -0.25) is 9.59 Å². The Morgan fingerprint density at radius 3 is 1.95 bits per heavy atom. The second-order valence-electron chi connectivity index (χ2n) is 10.5. The molecule has 5 atom stereocenters. The van der Waals surface area contributed by atoms with Crippen LogP contribution in [0, 0.1) is 0 Å². The number of carboxylic acid groups (broad SMARTS) is 1. The van der Waals surface area contributed by atoms with Crippen molar-refractivity contribution in [1.82, 2.24) is 10.6 Å².